The van der Waals surface area contributed by atoms with Gasteiger partial charge >= 0.3 is 5.97 Å². The summed E-state index contributed by atoms with van der Waals surface area (Å²) in [5, 5.41) is 15.2. The minimum Gasteiger partial charge on any atom is -0.466 e. The molecule has 0 aromatic rings. The van der Waals surface area contributed by atoms with Crippen molar-refractivity contribution in [2.24, 2.45) is 0 Å². The van der Waals surface area contributed by atoms with Crippen LogP contribution in [0.25, 0.3) is 0 Å². The summed E-state index contributed by atoms with van der Waals surface area (Å²) in [5.41, 5.74) is 0. The van der Waals surface area contributed by atoms with Gasteiger partial charge in [-0.2, -0.15) is 0 Å². The highest BCUT2D eigenvalue weighted by Crippen LogP contribution is 2.08. The van der Waals surface area contributed by atoms with Crippen molar-refractivity contribution in [2.45, 2.75) is 90.9 Å². The van der Waals surface area contributed by atoms with E-state index in [-0.39, 0.29) is 19.2 Å². The van der Waals surface area contributed by atoms with E-state index in [9.17, 15) is 4.79 Å². The Kier molecular flexibility index (Phi) is 25.8. The summed E-state index contributed by atoms with van der Waals surface area (Å²) in [7, 11) is 0. The third-order valence-corrected chi connectivity index (χ3v) is 3.56. The van der Waals surface area contributed by atoms with E-state index in [1.54, 1.807) is 0 Å². The SMILES string of the molecule is CCCCCCCC/C=C\CCCCCCOC(C)=O.OCCO. The fourth-order valence-corrected chi connectivity index (χ4v) is 2.21. The molecule has 0 unspecified atom stereocenters. The second-order valence-electron chi connectivity index (χ2n) is 6.02. The maximum Gasteiger partial charge on any atom is 0.302 e. The van der Waals surface area contributed by atoms with E-state index < -0.39 is 0 Å². The topological polar surface area (TPSA) is 66.8 Å². The summed E-state index contributed by atoms with van der Waals surface area (Å²) < 4.78 is 4.90. The largest absolute Gasteiger partial charge is 0.466 e. The van der Waals surface area contributed by atoms with Gasteiger partial charge in [0.2, 0.25) is 0 Å². The molecule has 4 nitrogen and oxygen atoms in total. The second-order valence-corrected chi connectivity index (χ2v) is 6.02. The molecule has 0 aliphatic heterocycles. The molecule has 144 valence electrons. The maximum absolute atomic E-state index is 10.5. The number of unbranched alkanes of at least 4 members (excludes halogenated alkanes) is 10. The monoisotopic (exact) mass is 344 g/mol. The molecule has 0 saturated carbocycles. The highest BCUT2D eigenvalue weighted by atomic mass is 16.5. The lowest BCUT2D eigenvalue weighted by Crippen LogP contribution is -1.99. The zero-order chi connectivity index (χ0) is 18.3. The number of carbonyl (C=O) groups excluding carboxylic acids is 1. The lowest BCUT2D eigenvalue weighted by molar-refractivity contribution is -0.141. The summed E-state index contributed by atoms with van der Waals surface area (Å²) in [6, 6.07) is 0. The van der Waals surface area contributed by atoms with Gasteiger partial charge in [0.05, 0.1) is 19.8 Å². The Bertz CT molecular complexity index is 262. The summed E-state index contributed by atoms with van der Waals surface area (Å²) in [4.78, 5) is 10.5. The number of hydrogen-bond donors (Lipinski definition) is 2. The summed E-state index contributed by atoms with van der Waals surface area (Å²) in [6.07, 6.45) is 20.1. The number of hydrogen-bond acceptors (Lipinski definition) is 4. The van der Waals surface area contributed by atoms with Gasteiger partial charge in [-0.3, -0.25) is 4.79 Å². The molecule has 24 heavy (non-hydrogen) atoms. The molecule has 0 spiro atoms. The van der Waals surface area contributed by atoms with Crippen molar-refractivity contribution in [3.05, 3.63) is 12.2 Å². The second kappa shape index (κ2) is 24.4. The van der Waals surface area contributed by atoms with Gasteiger partial charge in [-0.25, -0.2) is 0 Å². The standard InChI is InChI=1S/C18H34O2.C2H6O2/c1-3-4-5-6-7-8-9-10-11-12-13-14-15-16-17-20-18(2)19;3-1-2-4/h10-11H,3-9,12-17H2,1-2H3;3-4H,1-2H2/b11-10-;. The molecule has 0 heterocycles. The van der Waals surface area contributed by atoms with Crippen LogP contribution in [0.1, 0.15) is 90.9 Å². The molecule has 0 bridgehead atoms. The Balaban J connectivity index is 0. The first-order valence-corrected chi connectivity index (χ1v) is 9.69. The summed E-state index contributed by atoms with van der Waals surface area (Å²) in [6.45, 7) is 4.07. The molecule has 0 fully saturated rings. The first-order valence-electron chi connectivity index (χ1n) is 9.69. The Labute approximate surface area is 149 Å². The minimum atomic E-state index is -0.164. The molecule has 0 atom stereocenters. The number of rotatable bonds is 15. The third kappa shape index (κ3) is 29.2. The first kappa shape index (κ1) is 25.4. The van der Waals surface area contributed by atoms with Crippen molar-refractivity contribution >= 4 is 5.97 Å². The molecule has 0 saturated heterocycles. The average Bonchev–Trinajstić information content (AvgIpc) is 2.58. The van der Waals surface area contributed by atoms with E-state index in [4.69, 9.17) is 14.9 Å². The Hall–Kier alpha value is -0.870. The van der Waals surface area contributed by atoms with Crippen molar-refractivity contribution < 1.29 is 19.7 Å². The number of ether oxygens (including phenoxy) is 1. The molecule has 0 amide bonds. The predicted molar refractivity (Wildman–Crippen MR) is 101 cm³/mol. The number of esters is 1. The molecule has 0 aromatic heterocycles. The Morgan fingerprint density at radius 1 is 0.792 bits per heavy atom. The van der Waals surface area contributed by atoms with Crippen molar-refractivity contribution in [3.8, 4) is 0 Å². The van der Waals surface area contributed by atoms with E-state index in [0.717, 1.165) is 6.42 Å². The first-order chi connectivity index (χ1) is 11.7. The van der Waals surface area contributed by atoms with Gasteiger partial charge in [-0.15, -0.1) is 0 Å². The molecule has 0 rings (SSSR count). The van der Waals surface area contributed by atoms with Gasteiger partial charge in [-0.1, -0.05) is 64.0 Å². The molecular weight excluding hydrogens is 304 g/mol. The van der Waals surface area contributed by atoms with Crippen molar-refractivity contribution in [3.63, 3.8) is 0 Å². The van der Waals surface area contributed by atoms with Crippen molar-refractivity contribution in [1.82, 2.24) is 0 Å². The van der Waals surface area contributed by atoms with Crippen LogP contribution in [0.3, 0.4) is 0 Å². The Morgan fingerprint density at radius 2 is 1.25 bits per heavy atom. The lowest BCUT2D eigenvalue weighted by atomic mass is 10.1. The molecule has 4 heteroatoms. The van der Waals surface area contributed by atoms with Gasteiger partial charge in [0, 0.05) is 6.92 Å². The fourth-order valence-electron chi connectivity index (χ4n) is 2.21. The molecular formula is C20H40O4. The van der Waals surface area contributed by atoms with E-state index in [0.29, 0.717) is 6.61 Å². The highest BCUT2D eigenvalue weighted by Gasteiger charge is 1.93. The van der Waals surface area contributed by atoms with E-state index in [1.165, 1.54) is 77.6 Å². The van der Waals surface area contributed by atoms with Gasteiger partial charge < -0.3 is 14.9 Å². The van der Waals surface area contributed by atoms with Crippen LogP contribution in [0.2, 0.25) is 0 Å². The van der Waals surface area contributed by atoms with Crippen LogP contribution in [0.4, 0.5) is 0 Å². The number of aliphatic hydroxyl groups excluding tert-OH is 2. The number of carbonyl (C=O) groups is 1. The highest BCUT2D eigenvalue weighted by molar-refractivity contribution is 5.65. The summed E-state index contributed by atoms with van der Waals surface area (Å²) in [5.74, 6) is -0.164. The summed E-state index contributed by atoms with van der Waals surface area (Å²) >= 11 is 0. The number of aliphatic hydroxyl groups is 2. The van der Waals surface area contributed by atoms with E-state index in [1.807, 2.05) is 0 Å². The van der Waals surface area contributed by atoms with Crippen LogP contribution < -0.4 is 0 Å². The third-order valence-electron chi connectivity index (χ3n) is 3.56. The van der Waals surface area contributed by atoms with Crippen LogP contribution in [-0.4, -0.2) is 36.0 Å². The van der Waals surface area contributed by atoms with Crippen LogP contribution >= 0.6 is 0 Å². The smallest absolute Gasteiger partial charge is 0.302 e. The maximum atomic E-state index is 10.5. The fraction of sp³-hybridized carbons (Fsp3) is 0.850. The van der Waals surface area contributed by atoms with Gasteiger partial charge in [0.15, 0.2) is 0 Å². The molecule has 0 radical (unpaired) electrons. The predicted octanol–water partition coefficient (Wildman–Crippen LogP) is 4.78. The van der Waals surface area contributed by atoms with Gasteiger partial charge in [0.25, 0.3) is 0 Å². The van der Waals surface area contributed by atoms with Gasteiger partial charge in [0.1, 0.15) is 0 Å². The van der Waals surface area contributed by atoms with Crippen LogP contribution in [0.15, 0.2) is 12.2 Å². The average molecular weight is 345 g/mol. The molecule has 0 aliphatic carbocycles. The normalized spacial score (nSPS) is 10.5. The van der Waals surface area contributed by atoms with E-state index in [2.05, 4.69) is 19.1 Å². The zero-order valence-electron chi connectivity index (χ0n) is 16.0. The van der Waals surface area contributed by atoms with Crippen LogP contribution in [0.5, 0.6) is 0 Å². The van der Waals surface area contributed by atoms with Crippen molar-refractivity contribution in [1.29, 1.82) is 0 Å². The number of allylic oxidation sites excluding steroid dienone is 2. The quantitative estimate of drug-likeness (QED) is 0.255. The van der Waals surface area contributed by atoms with Crippen LogP contribution in [0, 0.1) is 0 Å². The van der Waals surface area contributed by atoms with E-state index >= 15 is 0 Å². The molecule has 2 N–H and O–H groups in total. The van der Waals surface area contributed by atoms with Crippen LogP contribution in [-0.2, 0) is 9.53 Å². The zero-order valence-corrected chi connectivity index (χ0v) is 16.0. The Morgan fingerprint density at radius 3 is 1.71 bits per heavy atom. The van der Waals surface area contributed by atoms with Gasteiger partial charge in [-0.05, 0) is 32.1 Å². The lowest BCUT2D eigenvalue weighted by Gasteiger charge is -2.01. The van der Waals surface area contributed by atoms with Crippen molar-refractivity contribution in [2.75, 3.05) is 19.8 Å². The molecule has 0 aromatic carbocycles. The molecule has 0 aliphatic rings. The minimum absolute atomic E-state index is 0.125.